The van der Waals surface area contributed by atoms with E-state index in [9.17, 15) is 19.2 Å². The number of rotatable bonds is 10. The third-order valence-electron chi connectivity index (χ3n) is 8.18. The Labute approximate surface area is 295 Å². The van der Waals surface area contributed by atoms with Gasteiger partial charge < -0.3 is 42.6 Å². The molecule has 6 rings (SSSR count). The first kappa shape index (κ1) is 34.8. The molecule has 14 heteroatoms. The molecule has 0 saturated carbocycles. The Morgan fingerprint density at radius 1 is 0.653 bits per heavy atom. The van der Waals surface area contributed by atoms with E-state index in [0.29, 0.717) is 0 Å². The molecule has 0 amide bonds. The molecule has 3 saturated heterocycles. The van der Waals surface area contributed by atoms with Crippen LogP contribution in [0.1, 0.15) is 38.0 Å². The van der Waals surface area contributed by atoms with Crippen molar-refractivity contribution in [2.24, 2.45) is 0 Å². The molecule has 258 valence electrons. The number of alkyl halides is 1. The van der Waals surface area contributed by atoms with Crippen molar-refractivity contribution >= 4 is 46.7 Å². The largest absolute Gasteiger partial charge is 0.509 e. The number of hydrogen-bond acceptors (Lipinski definition) is 13. The third kappa shape index (κ3) is 7.88. The molecular weight excluding hydrogens is 755 g/mol. The lowest BCUT2D eigenvalue weighted by atomic mass is 9.97. The second-order valence-electron chi connectivity index (χ2n) is 11.4. The monoisotopic (exact) mass is 788 g/mol. The van der Waals surface area contributed by atoms with Crippen LogP contribution in [-0.2, 0) is 42.6 Å². The average Bonchev–Trinajstić information content (AvgIpc) is 3.54. The van der Waals surface area contributed by atoms with Crippen LogP contribution in [0.5, 0.6) is 0 Å². The summed E-state index contributed by atoms with van der Waals surface area (Å²) in [6.07, 6.45) is -10.1. The van der Waals surface area contributed by atoms with Gasteiger partial charge in [0.2, 0.25) is 0 Å². The third-order valence-corrected chi connectivity index (χ3v) is 9.48. The summed E-state index contributed by atoms with van der Waals surface area (Å²) in [6.45, 7) is 1.46. The molecule has 0 unspecified atom stereocenters. The van der Waals surface area contributed by atoms with E-state index in [1.807, 2.05) is 0 Å². The standard InChI is InChI=1S/C35H33IO13/c1-19-25-27(49-35(40)48-25)24(36)33(43-19)42-18-23-26(45-30(37)20-12-6-3-7-13-20)28(46-31(38)21-14-8-4-9-15-21)29(34(41-2)44-23)47-32(39)22-16-10-5-11-17-22/h3-17,19,23-29,33-34H,18H2,1-2H3/t19-,23-,24-,25+,26-,27-,28+,29-,33-,34+/m1/s1. The molecule has 49 heavy (non-hydrogen) atoms. The van der Waals surface area contributed by atoms with Crippen molar-refractivity contribution in [2.45, 2.75) is 66.2 Å². The van der Waals surface area contributed by atoms with Crippen LogP contribution >= 0.6 is 22.6 Å². The number of methoxy groups -OCH3 is 1. The molecule has 3 aliphatic heterocycles. The summed E-state index contributed by atoms with van der Waals surface area (Å²) in [5.41, 5.74) is 0.644. The predicted molar refractivity (Wildman–Crippen MR) is 176 cm³/mol. The smallest absolute Gasteiger partial charge is 0.452 e. The number of halogens is 1. The highest BCUT2D eigenvalue weighted by molar-refractivity contribution is 14.1. The van der Waals surface area contributed by atoms with E-state index < -0.39 is 83.3 Å². The van der Waals surface area contributed by atoms with E-state index in [4.69, 9.17) is 42.6 Å². The van der Waals surface area contributed by atoms with Crippen molar-refractivity contribution in [3.05, 3.63) is 108 Å². The SMILES string of the molecule is CO[C@H]1O[C@H](CO[C@@H]2O[C@H](C)[C@@H]3OC(=O)O[C@@H]3[C@H]2I)[C@@H](OC(=O)c2ccccc2)[C@H](OC(=O)c2ccccc2)[C@H]1OC(=O)c1ccccc1. The zero-order chi connectivity index (χ0) is 34.5. The highest BCUT2D eigenvalue weighted by Crippen LogP contribution is 2.37. The number of esters is 3. The Balaban J connectivity index is 1.32. The van der Waals surface area contributed by atoms with Crippen LogP contribution < -0.4 is 0 Å². The normalized spacial score (nSPS) is 30.6. The summed E-state index contributed by atoms with van der Waals surface area (Å²) in [4.78, 5) is 52.3. The lowest BCUT2D eigenvalue weighted by molar-refractivity contribution is -0.305. The van der Waals surface area contributed by atoms with E-state index in [2.05, 4.69) is 22.6 Å². The van der Waals surface area contributed by atoms with Gasteiger partial charge in [0, 0.05) is 7.11 Å². The Kier molecular flexibility index (Phi) is 11.1. The van der Waals surface area contributed by atoms with Crippen LogP contribution in [0, 0.1) is 0 Å². The zero-order valence-electron chi connectivity index (χ0n) is 26.3. The quantitative estimate of drug-likeness (QED) is 0.123. The lowest BCUT2D eigenvalue weighted by Gasteiger charge is -2.45. The van der Waals surface area contributed by atoms with Crippen molar-refractivity contribution in [1.82, 2.24) is 0 Å². The lowest BCUT2D eigenvalue weighted by Crippen LogP contribution is -2.63. The highest BCUT2D eigenvalue weighted by Gasteiger charge is 2.55. The highest BCUT2D eigenvalue weighted by atomic mass is 127. The number of fused-ring (bicyclic) bond motifs is 1. The van der Waals surface area contributed by atoms with Crippen molar-refractivity contribution in [2.75, 3.05) is 13.7 Å². The summed E-state index contributed by atoms with van der Waals surface area (Å²) in [7, 11) is 1.33. The minimum atomic E-state index is -1.43. The number of ether oxygens (including phenoxy) is 9. The molecule has 0 aromatic heterocycles. The Bertz CT molecular complexity index is 1610. The van der Waals surface area contributed by atoms with E-state index >= 15 is 0 Å². The fourth-order valence-electron chi connectivity index (χ4n) is 5.73. The van der Waals surface area contributed by atoms with E-state index in [-0.39, 0.29) is 23.3 Å². The van der Waals surface area contributed by atoms with Gasteiger partial charge in [0.05, 0.1) is 29.4 Å². The van der Waals surface area contributed by atoms with Gasteiger partial charge in [0.15, 0.2) is 43.1 Å². The molecule has 13 nitrogen and oxygen atoms in total. The molecule has 0 N–H and O–H groups in total. The van der Waals surface area contributed by atoms with Crippen LogP contribution in [0.25, 0.3) is 0 Å². The van der Waals surface area contributed by atoms with E-state index in [1.165, 1.54) is 7.11 Å². The topological polar surface area (TPSA) is 151 Å². The van der Waals surface area contributed by atoms with Crippen LogP contribution in [0.3, 0.4) is 0 Å². The Morgan fingerprint density at radius 3 is 1.63 bits per heavy atom. The predicted octanol–water partition coefficient (Wildman–Crippen LogP) is 4.50. The summed E-state index contributed by atoms with van der Waals surface area (Å²) >= 11 is 2.06. The van der Waals surface area contributed by atoms with E-state index in [1.54, 1.807) is 97.9 Å². The summed E-state index contributed by atoms with van der Waals surface area (Å²) in [5.74, 6) is -2.27. The number of benzene rings is 3. The minimum Gasteiger partial charge on any atom is -0.452 e. The van der Waals surface area contributed by atoms with Crippen molar-refractivity contribution in [1.29, 1.82) is 0 Å². The molecule has 3 fully saturated rings. The minimum absolute atomic E-state index is 0.206. The maximum atomic E-state index is 13.5. The van der Waals surface area contributed by atoms with E-state index in [0.717, 1.165) is 0 Å². The van der Waals surface area contributed by atoms with Crippen molar-refractivity contribution < 1.29 is 61.8 Å². The average molecular weight is 789 g/mol. The maximum Gasteiger partial charge on any atom is 0.509 e. The number of carbonyl (C=O) groups is 4. The molecule has 0 spiro atoms. The van der Waals surface area contributed by atoms with Gasteiger partial charge in [0.25, 0.3) is 0 Å². The second-order valence-corrected chi connectivity index (χ2v) is 12.8. The summed E-state index contributed by atoms with van der Waals surface area (Å²) < 4.78 is 52.2. The molecule has 3 aromatic carbocycles. The number of hydrogen-bond donors (Lipinski definition) is 0. The zero-order valence-corrected chi connectivity index (χ0v) is 28.5. The molecular formula is C35H33IO13. The Hall–Kier alpha value is -4.09. The van der Waals surface area contributed by atoms with Gasteiger partial charge in [-0.3, -0.25) is 0 Å². The Morgan fingerprint density at radius 2 is 1.12 bits per heavy atom. The fraction of sp³-hybridized carbons (Fsp3) is 0.371. The first-order chi connectivity index (χ1) is 23.7. The first-order valence-electron chi connectivity index (χ1n) is 15.5. The maximum absolute atomic E-state index is 13.5. The van der Waals surface area contributed by atoms with Gasteiger partial charge in [-0.1, -0.05) is 77.2 Å². The van der Waals surface area contributed by atoms with Crippen molar-refractivity contribution in [3.8, 4) is 0 Å². The van der Waals surface area contributed by atoms with Gasteiger partial charge in [-0.2, -0.15) is 0 Å². The van der Waals surface area contributed by atoms with Gasteiger partial charge in [0.1, 0.15) is 10.0 Å². The van der Waals surface area contributed by atoms with Gasteiger partial charge in [-0.05, 0) is 43.3 Å². The second kappa shape index (κ2) is 15.6. The van der Waals surface area contributed by atoms with Crippen LogP contribution in [0.2, 0.25) is 0 Å². The molecule has 3 aliphatic rings. The fourth-order valence-corrected chi connectivity index (χ4v) is 6.67. The molecule has 3 aromatic rings. The van der Waals surface area contributed by atoms with Crippen LogP contribution in [0.4, 0.5) is 4.79 Å². The molecule has 3 heterocycles. The van der Waals surface area contributed by atoms with Crippen molar-refractivity contribution in [3.63, 3.8) is 0 Å². The molecule has 0 radical (unpaired) electrons. The molecule has 0 bridgehead atoms. The van der Waals surface area contributed by atoms with Crippen LogP contribution in [-0.4, -0.2) is 97.0 Å². The molecule has 10 atom stereocenters. The molecule has 0 aliphatic carbocycles. The summed E-state index contributed by atoms with van der Waals surface area (Å²) in [6, 6.07) is 24.6. The number of carbonyl (C=O) groups excluding carboxylic acids is 4. The van der Waals surface area contributed by atoms with Gasteiger partial charge >= 0.3 is 24.1 Å². The van der Waals surface area contributed by atoms with Crippen LogP contribution in [0.15, 0.2) is 91.0 Å². The first-order valence-corrected chi connectivity index (χ1v) is 16.7. The van der Waals surface area contributed by atoms with Gasteiger partial charge in [-0.15, -0.1) is 0 Å². The summed E-state index contributed by atoms with van der Waals surface area (Å²) in [5, 5.41) is 0. The van der Waals surface area contributed by atoms with Gasteiger partial charge in [-0.25, -0.2) is 19.2 Å².